The Morgan fingerprint density at radius 2 is 1.72 bits per heavy atom. The highest BCUT2D eigenvalue weighted by molar-refractivity contribution is 5.82. The number of carboxylic acid groups (broad SMARTS) is 1. The monoisotopic (exact) mass is 253 g/mol. The molecule has 2 fully saturated rings. The number of carbonyl (C=O) groups is 2. The van der Waals surface area contributed by atoms with Crippen molar-refractivity contribution in [3.8, 4) is 0 Å². The van der Waals surface area contributed by atoms with E-state index in [4.69, 9.17) is 0 Å². The zero-order valence-electron chi connectivity index (χ0n) is 11.1. The van der Waals surface area contributed by atoms with Crippen LogP contribution in [0.3, 0.4) is 0 Å². The van der Waals surface area contributed by atoms with Crippen LogP contribution in [0, 0.1) is 11.8 Å². The van der Waals surface area contributed by atoms with Gasteiger partial charge in [-0.15, -0.1) is 0 Å². The first-order valence-corrected chi connectivity index (χ1v) is 7.09. The molecule has 2 aliphatic rings. The molecule has 0 spiro atoms. The smallest absolute Gasteiger partial charge is 0.326 e. The lowest BCUT2D eigenvalue weighted by Gasteiger charge is -2.40. The van der Waals surface area contributed by atoms with Crippen LogP contribution in [-0.4, -0.2) is 34.5 Å². The molecule has 2 unspecified atom stereocenters. The number of amides is 1. The van der Waals surface area contributed by atoms with E-state index in [2.05, 4.69) is 0 Å². The van der Waals surface area contributed by atoms with Gasteiger partial charge in [-0.25, -0.2) is 4.79 Å². The van der Waals surface area contributed by atoms with Crippen LogP contribution < -0.4 is 0 Å². The minimum Gasteiger partial charge on any atom is -0.480 e. The normalized spacial score (nSPS) is 30.2. The quantitative estimate of drug-likeness (QED) is 0.821. The third-order valence-corrected chi connectivity index (χ3v) is 4.65. The highest BCUT2D eigenvalue weighted by atomic mass is 16.4. The van der Waals surface area contributed by atoms with Crippen LogP contribution in [-0.2, 0) is 9.59 Å². The van der Waals surface area contributed by atoms with E-state index >= 15 is 0 Å². The molecular formula is C14H23NO3. The minimum atomic E-state index is -0.842. The van der Waals surface area contributed by atoms with Gasteiger partial charge in [-0.1, -0.05) is 32.1 Å². The summed E-state index contributed by atoms with van der Waals surface area (Å²) in [4.78, 5) is 24.3. The molecule has 1 aliphatic heterocycles. The van der Waals surface area contributed by atoms with Gasteiger partial charge in [0.25, 0.3) is 0 Å². The lowest BCUT2D eigenvalue weighted by Crippen LogP contribution is -2.50. The van der Waals surface area contributed by atoms with Crippen molar-refractivity contribution in [2.45, 2.75) is 57.9 Å². The number of likely N-dealkylation sites (tertiary alicyclic amines) is 1. The molecule has 1 heterocycles. The molecule has 2 atom stereocenters. The predicted octanol–water partition coefficient (Wildman–Crippen LogP) is 2.28. The fraction of sp³-hybridized carbons (Fsp3) is 0.857. The summed E-state index contributed by atoms with van der Waals surface area (Å²) in [6.07, 6.45) is 8.03. The molecule has 0 radical (unpaired) electrons. The number of hydrogen-bond donors (Lipinski definition) is 1. The number of rotatable bonds is 2. The summed E-state index contributed by atoms with van der Waals surface area (Å²) in [6.45, 7) is 2.09. The second kappa shape index (κ2) is 5.72. The molecule has 0 aromatic rings. The Kier molecular flexibility index (Phi) is 4.25. The van der Waals surface area contributed by atoms with E-state index in [1.165, 1.54) is 43.9 Å². The maximum absolute atomic E-state index is 11.5. The van der Waals surface area contributed by atoms with Gasteiger partial charge in [0.15, 0.2) is 0 Å². The SMILES string of the molecule is CC(=O)N1CCC(C2CCCCC2)CC1C(=O)O. The molecule has 1 saturated heterocycles. The Hall–Kier alpha value is -1.06. The topological polar surface area (TPSA) is 57.6 Å². The Bertz CT molecular complexity index is 323. The molecule has 0 bridgehead atoms. The molecule has 1 N–H and O–H groups in total. The molecule has 1 saturated carbocycles. The van der Waals surface area contributed by atoms with Gasteiger partial charge in [-0.2, -0.15) is 0 Å². The van der Waals surface area contributed by atoms with Gasteiger partial charge in [-0.05, 0) is 24.7 Å². The van der Waals surface area contributed by atoms with Crippen molar-refractivity contribution in [2.75, 3.05) is 6.54 Å². The van der Waals surface area contributed by atoms with Crippen molar-refractivity contribution in [3.63, 3.8) is 0 Å². The van der Waals surface area contributed by atoms with Crippen LogP contribution in [0.4, 0.5) is 0 Å². The Labute approximate surface area is 108 Å². The molecule has 1 aliphatic carbocycles. The van der Waals surface area contributed by atoms with Gasteiger partial charge in [0.1, 0.15) is 6.04 Å². The molecule has 4 nitrogen and oxygen atoms in total. The summed E-state index contributed by atoms with van der Waals surface area (Å²) in [5.74, 6) is 0.243. The highest BCUT2D eigenvalue weighted by Gasteiger charge is 2.37. The van der Waals surface area contributed by atoms with Crippen molar-refractivity contribution in [1.82, 2.24) is 4.90 Å². The summed E-state index contributed by atoms with van der Waals surface area (Å²) in [5, 5.41) is 9.28. The molecule has 0 aromatic carbocycles. The fourth-order valence-corrected chi connectivity index (χ4v) is 3.64. The van der Waals surface area contributed by atoms with Crippen LogP contribution in [0.25, 0.3) is 0 Å². The van der Waals surface area contributed by atoms with E-state index in [9.17, 15) is 14.7 Å². The number of carboxylic acids is 1. The summed E-state index contributed by atoms with van der Waals surface area (Å²) in [7, 11) is 0. The fourth-order valence-electron chi connectivity index (χ4n) is 3.64. The number of aliphatic carboxylic acids is 1. The van der Waals surface area contributed by atoms with Crippen LogP contribution in [0.2, 0.25) is 0 Å². The van der Waals surface area contributed by atoms with Crippen molar-refractivity contribution in [2.24, 2.45) is 11.8 Å². The van der Waals surface area contributed by atoms with Crippen molar-refractivity contribution < 1.29 is 14.7 Å². The van der Waals surface area contributed by atoms with E-state index < -0.39 is 12.0 Å². The predicted molar refractivity (Wildman–Crippen MR) is 68.1 cm³/mol. The lowest BCUT2D eigenvalue weighted by atomic mass is 9.74. The highest BCUT2D eigenvalue weighted by Crippen LogP contribution is 2.37. The summed E-state index contributed by atoms with van der Waals surface area (Å²) >= 11 is 0. The van der Waals surface area contributed by atoms with Gasteiger partial charge < -0.3 is 10.0 Å². The maximum Gasteiger partial charge on any atom is 0.326 e. The molecule has 2 rings (SSSR count). The largest absolute Gasteiger partial charge is 0.480 e. The number of hydrogen-bond acceptors (Lipinski definition) is 2. The second-order valence-electron chi connectivity index (χ2n) is 5.75. The third kappa shape index (κ3) is 2.85. The van der Waals surface area contributed by atoms with Gasteiger partial charge in [0.05, 0.1) is 0 Å². The molecular weight excluding hydrogens is 230 g/mol. The van der Waals surface area contributed by atoms with Crippen molar-refractivity contribution >= 4 is 11.9 Å². The van der Waals surface area contributed by atoms with E-state index in [0.29, 0.717) is 24.8 Å². The first-order chi connectivity index (χ1) is 8.59. The van der Waals surface area contributed by atoms with Crippen LogP contribution in [0.5, 0.6) is 0 Å². The van der Waals surface area contributed by atoms with E-state index in [0.717, 1.165) is 6.42 Å². The Morgan fingerprint density at radius 3 is 2.28 bits per heavy atom. The Morgan fingerprint density at radius 1 is 1.06 bits per heavy atom. The molecule has 4 heteroatoms. The number of piperidine rings is 1. The molecule has 1 amide bonds. The average Bonchev–Trinajstić information content (AvgIpc) is 2.39. The van der Waals surface area contributed by atoms with Gasteiger partial charge in [0.2, 0.25) is 5.91 Å². The van der Waals surface area contributed by atoms with Gasteiger partial charge in [0, 0.05) is 13.5 Å². The van der Waals surface area contributed by atoms with Crippen molar-refractivity contribution in [1.29, 1.82) is 0 Å². The maximum atomic E-state index is 11.5. The third-order valence-electron chi connectivity index (χ3n) is 4.65. The first kappa shape index (κ1) is 13.4. The number of nitrogens with zero attached hydrogens (tertiary/aromatic N) is 1. The van der Waals surface area contributed by atoms with Crippen molar-refractivity contribution in [3.05, 3.63) is 0 Å². The molecule has 102 valence electrons. The van der Waals surface area contributed by atoms with E-state index in [1.54, 1.807) is 0 Å². The van der Waals surface area contributed by atoms with Crippen LogP contribution in [0.1, 0.15) is 51.9 Å². The molecule has 18 heavy (non-hydrogen) atoms. The molecule has 0 aromatic heterocycles. The van der Waals surface area contributed by atoms with Crippen LogP contribution in [0.15, 0.2) is 0 Å². The minimum absolute atomic E-state index is 0.107. The van der Waals surface area contributed by atoms with E-state index in [-0.39, 0.29) is 5.91 Å². The number of carbonyl (C=O) groups excluding carboxylic acids is 1. The van der Waals surface area contributed by atoms with E-state index in [1.807, 2.05) is 0 Å². The lowest BCUT2D eigenvalue weighted by molar-refractivity contribution is -0.152. The van der Waals surface area contributed by atoms with Gasteiger partial charge in [-0.3, -0.25) is 4.79 Å². The summed E-state index contributed by atoms with van der Waals surface area (Å²) < 4.78 is 0. The average molecular weight is 253 g/mol. The zero-order valence-corrected chi connectivity index (χ0v) is 11.1. The summed E-state index contributed by atoms with van der Waals surface area (Å²) in [5.41, 5.74) is 0. The van der Waals surface area contributed by atoms with Crippen LogP contribution >= 0.6 is 0 Å². The Balaban J connectivity index is 2.01. The summed E-state index contributed by atoms with van der Waals surface area (Å²) in [6, 6.07) is -0.594. The van der Waals surface area contributed by atoms with Gasteiger partial charge >= 0.3 is 5.97 Å². The standard InChI is InChI=1S/C14H23NO3/c1-10(16)15-8-7-12(9-13(15)14(17)18)11-5-3-2-4-6-11/h11-13H,2-9H2,1H3,(H,17,18). The second-order valence-corrected chi connectivity index (χ2v) is 5.75. The zero-order chi connectivity index (χ0) is 13.1. The first-order valence-electron chi connectivity index (χ1n) is 7.09.